The number of benzene rings is 1. The molecule has 1 unspecified atom stereocenters. The van der Waals surface area contributed by atoms with Crippen molar-refractivity contribution in [3.8, 4) is 5.75 Å². The lowest BCUT2D eigenvalue weighted by atomic mass is 10.1. The van der Waals surface area contributed by atoms with E-state index in [1.54, 1.807) is 15.5 Å². The maximum atomic E-state index is 15.4. The Kier molecular flexibility index (Phi) is 7.82. The highest BCUT2D eigenvalue weighted by molar-refractivity contribution is 5.92. The Morgan fingerprint density at radius 2 is 1.91 bits per heavy atom. The van der Waals surface area contributed by atoms with Crippen LogP contribution in [-0.2, 0) is 9.53 Å². The summed E-state index contributed by atoms with van der Waals surface area (Å²) in [4.78, 5) is 55.4. The summed E-state index contributed by atoms with van der Waals surface area (Å²) in [6.45, 7) is 2.49. The van der Waals surface area contributed by atoms with E-state index in [-0.39, 0.29) is 53.7 Å². The smallest absolute Gasteiger partial charge is 0.414 e. The van der Waals surface area contributed by atoms with Crippen molar-refractivity contribution in [2.75, 3.05) is 36.0 Å². The molecule has 4 heterocycles. The van der Waals surface area contributed by atoms with Crippen LogP contribution in [0.25, 0.3) is 11.0 Å². The Morgan fingerprint density at radius 3 is 2.61 bits per heavy atom. The number of cyclic esters (lactones) is 1. The predicted octanol–water partition coefficient (Wildman–Crippen LogP) is 3.61. The summed E-state index contributed by atoms with van der Waals surface area (Å²) in [5, 5.41) is 12.0. The highest BCUT2D eigenvalue weighted by Gasteiger charge is 2.33. The average molecular weight is 612 g/mol. The van der Waals surface area contributed by atoms with Crippen LogP contribution in [-0.4, -0.2) is 71.0 Å². The molecule has 1 saturated carbocycles. The topological polar surface area (TPSA) is 143 Å². The molecule has 0 spiro atoms. The minimum absolute atomic E-state index is 0.00601. The third-order valence-corrected chi connectivity index (χ3v) is 8.06. The van der Waals surface area contributed by atoms with Crippen molar-refractivity contribution in [2.24, 2.45) is 0 Å². The predicted molar refractivity (Wildman–Crippen MR) is 154 cm³/mol. The molecule has 3 aromatic rings. The van der Waals surface area contributed by atoms with E-state index in [0.717, 1.165) is 18.9 Å². The van der Waals surface area contributed by atoms with Crippen molar-refractivity contribution in [1.82, 2.24) is 14.9 Å². The largest absolute Gasteiger partial charge is 0.487 e. The second kappa shape index (κ2) is 11.7. The number of carboxylic acid groups (broad SMARTS) is 1. The summed E-state index contributed by atoms with van der Waals surface area (Å²) in [7, 11) is 0. The van der Waals surface area contributed by atoms with Crippen LogP contribution in [0.1, 0.15) is 55.4 Å². The van der Waals surface area contributed by atoms with E-state index < -0.39 is 40.8 Å². The molecule has 1 aromatic carbocycles. The zero-order valence-electron chi connectivity index (χ0n) is 23.9. The lowest BCUT2D eigenvalue weighted by Gasteiger charge is -2.23. The Balaban J connectivity index is 1.15. The zero-order valence-corrected chi connectivity index (χ0v) is 23.9. The fourth-order valence-electron chi connectivity index (χ4n) is 5.67. The molecule has 2 aliphatic heterocycles. The molecular weight excluding hydrogens is 580 g/mol. The standard InChI is InChI=1S/C30H31F2N5O7/c1-16(38)33-13-20-14-37(30(42)44-20)18-6-7-25(23(31)11-18)43-19-3-2-9-35(10-8-19)28-24(32)12-21-26(39)22(29(40)41)15-36(17-4-5-17)27(21)34-28/h6-7,11-12,15,17,19-20H,2-5,8-10,13-14H2,1H3,(H,33,38)(H,40,41)/t19?,20-/m0/s1. The Morgan fingerprint density at radius 1 is 1.11 bits per heavy atom. The van der Waals surface area contributed by atoms with Crippen LogP contribution in [0.3, 0.4) is 0 Å². The normalized spacial score (nSPS) is 20.4. The van der Waals surface area contributed by atoms with E-state index >= 15 is 8.78 Å². The number of hydrogen-bond donors (Lipinski definition) is 2. The number of aromatic carboxylic acids is 1. The van der Waals surface area contributed by atoms with Crippen LogP contribution in [0.15, 0.2) is 35.3 Å². The van der Waals surface area contributed by atoms with Crippen molar-refractivity contribution in [2.45, 2.75) is 57.3 Å². The number of hydrogen-bond acceptors (Lipinski definition) is 8. The Bertz CT molecular complexity index is 1710. The van der Waals surface area contributed by atoms with E-state index in [2.05, 4.69) is 10.3 Å². The van der Waals surface area contributed by atoms with Gasteiger partial charge in [-0.3, -0.25) is 14.5 Å². The van der Waals surface area contributed by atoms with Crippen molar-refractivity contribution in [3.05, 3.63) is 57.9 Å². The summed E-state index contributed by atoms with van der Waals surface area (Å²) in [5.41, 5.74) is -0.636. The van der Waals surface area contributed by atoms with Gasteiger partial charge in [-0.15, -0.1) is 0 Å². The van der Waals surface area contributed by atoms with Gasteiger partial charge in [0.05, 0.1) is 24.2 Å². The van der Waals surface area contributed by atoms with Crippen molar-refractivity contribution in [3.63, 3.8) is 0 Å². The molecule has 44 heavy (non-hydrogen) atoms. The minimum Gasteiger partial charge on any atom is -0.487 e. The number of anilines is 2. The highest BCUT2D eigenvalue weighted by atomic mass is 19.1. The molecule has 3 aliphatic rings. The number of ether oxygens (including phenoxy) is 2. The monoisotopic (exact) mass is 611 g/mol. The molecule has 2 amide bonds. The fraction of sp³-hybridized carbons (Fsp3) is 0.433. The molecule has 1 aliphatic carbocycles. The van der Waals surface area contributed by atoms with Crippen LogP contribution in [0.2, 0.25) is 0 Å². The van der Waals surface area contributed by atoms with E-state index in [9.17, 15) is 24.3 Å². The number of carboxylic acids is 1. The first-order valence-electron chi connectivity index (χ1n) is 14.5. The average Bonchev–Trinajstić information content (AvgIpc) is 3.79. The maximum absolute atomic E-state index is 15.4. The summed E-state index contributed by atoms with van der Waals surface area (Å²) in [6.07, 6.45) is 2.98. The molecule has 6 rings (SSSR count). The number of aromatic nitrogens is 2. The van der Waals surface area contributed by atoms with Gasteiger partial charge in [-0.1, -0.05) is 0 Å². The van der Waals surface area contributed by atoms with Crippen molar-refractivity contribution < 1.29 is 37.7 Å². The summed E-state index contributed by atoms with van der Waals surface area (Å²) < 4.78 is 43.4. The van der Waals surface area contributed by atoms with Crippen LogP contribution in [0.5, 0.6) is 5.75 Å². The molecule has 2 atom stereocenters. The van der Waals surface area contributed by atoms with Crippen LogP contribution in [0, 0.1) is 11.6 Å². The zero-order chi connectivity index (χ0) is 31.1. The van der Waals surface area contributed by atoms with Gasteiger partial charge in [0, 0.05) is 44.7 Å². The fourth-order valence-corrected chi connectivity index (χ4v) is 5.67. The number of amides is 2. The first-order chi connectivity index (χ1) is 21.1. The molecule has 3 fully saturated rings. The molecule has 232 valence electrons. The van der Waals surface area contributed by atoms with Gasteiger partial charge in [0.1, 0.15) is 23.4 Å². The number of carbonyl (C=O) groups is 3. The molecular formula is C30H31F2N5O7. The molecule has 2 N–H and O–H groups in total. The molecule has 12 nitrogen and oxygen atoms in total. The number of nitrogens with one attached hydrogen (secondary N) is 1. The van der Waals surface area contributed by atoms with Gasteiger partial charge in [0.15, 0.2) is 23.2 Å². The SMILES string of the molecule is CC(=O)NC[C@H]1CN(c2ccc(OC3CCCN(c4nc5c(cc4F)c(=O)c(C(=O)O)cn5C4CC4)CC3)c(F)c2)C(=O)O1. The van der Waals surface area contributed by atoms with Gasteiger partial charge in [-0.05, 0) is 43.9 Å². The van der Waals surface area contributed by atoms with Gasteiger partial charge >= 0.3 is 12.1 Å². The van der Waals surface area contributed by atoms with Crippen molar-refractivity contribution >= 4 is 40.5 Å². The molecule has 2 aromatic heterocycles. The Hall–Kier alpha value is -4.75. The van der Waals surface area contributed by atoms with E-state index in [1.165, 1.54) is 30.2 Å². The molecule has 2 saturated heterocycles. The second-order valence-electron chi connectivity index (χ2n) is 11.3. The van der Waals surface area contributed by atoms with Gasteiger partial charge in [-0.2, -0.15) is 0 Å². The van der Waals surface area contributed by atoms with E-state index in [4.69, 9.17) is 9.47 Å². The number of rotatable bonds is 8. The molecule has 0 radical (unpaired) electrons. The highest BCUT2D eigenvalue weighted by Crippen LogP contribution is 2.37. The maximum Gasteiger partial charge on any atom is 0.414 e. The first kappa shape index (κ1) is 29.3. The third-order valence-electron chi connectivity index (χ3n) is 8.06. The number of pyridine rings is 2. The van der Waals surface area contributed by atoms with E-state index in [1.807, 2.05) is 0 Å². The van der Waals surface area contributed by atoms with Gasteiger partial charge in [0.2, 0.25) is 11.3 Å². The number of halogens is 2. The number of carbonyl (C=O) groups excluding carboxylic acids is 2. The first-order valence-corrected chi connectivity index (χ1v) is 14.5. The third kappa shape index (κ3) is 5.88. The van der Waals surface area contributed by atoms with Crippen LogP contribution < -0.4 is 25.3 Å². The van der Waals surface area contributed by atoms with Gasteiger partial charge < -0.3 is 29.4 Å². The van der Waals surface area contributed by atoms with Crippen molar-refractivity contribution in [1.29, 1.82) is 0 Å². The van der Waals surface area contributed by atoms with E-state index in [0.29, 0.717) is 38.0 Å². The number of nitrogens with zero attached hydrogens (tertiary/aromatic N) is 4. The lowest BCUT2D eigenvalue weighted by Crippen LogP contribution is -2.33. The minimum atomic E-state index is -1.37. The Labute approximate surface area is 250 Å². The van der Waals surface area contributed by atoms with Gasteiger partial charge in [-0.25, -0.2) is 23.4 Å². The molecule has 0 bridgehead atoms. The van der Waals surface area contributed by atoms with Crippen LogP contribution >= 0.6 is 0 Å². The number of fused-ring (bicyclic) bond motifs is 1. The summed E-state index contributed by atoms with van der Waals surface area (Å²) >= 11 is 0. The summed E-state index contributed by atoms with van der Waals surface area (Å²) in [6, 6.07) is 5.29. The van der Waals surface area contributed by atoms with Crippen LogP contribution in [0.4, 0.5) is 25.1 Å². The quantitative estimate of drug-likeness (QED) is 0.391. The van der Waals surface area contributed by atoms with Gasteiger partial charge in [0.25, 0.3) is 0 Å². The molecule has 14 heteroatoms. The second-order valence-corrected chi connectivity index (χ2v) is 11.3. The lowest BCUT2D eigenvalue weighted by molar-refractivity contribution is -0.119. The summed E-state index contributed by atoms with van der Waals surface area (Å²) in [5.74, 6) is -2.90.